The molecule has 0 aromatic heterocycles. The van der Waals surface area contributed by atoms with Gasteiger partial charge in [0.2, 0.25) is 0 Å². The monoisotopic (exact) mass is 205 g/mol. The number of benzene rings is 1. The van der Waals surface area contributed by atoms with Crippen LogP contribution in [-0.2, 0) is 6.54 Å². The SMILES string of the molecule is COc1ccc(CNCC2CC2C)cc1. The Morgan fingerprint density at radius 1 is 1.33 bits per heavy atom. The van der Waals surface area contributed by atoms with Gasteiger partial charge in [0, 0.05) is 6.54 Å². The predicted octanol–water partition coefficient (Wildman–Crippen LogP) is 2.44. The molecule has 2 rings (SSSR count). The first-order chi connectivity index (χ1) is 7.29. The molecule has 1 aromatic rings. The van der Waals surface area contributed by atoms with Crippen molar-refractivity contribution in [2.45, 2.75) is 19.9 Å². The zero-order valence-electron chi connectivity index (χ0n) is 9.49. The molecular formula is C13H19NO. The van der Waals surface area contributed by atoms with Gasteiger partial charge in [-0.1, -0.05) is 19.1 Å². The maximum atomic E-state index is 5.12. The maximum Gasteiger partial charge on any atom is 0.118 e. The minimum Gasteiger partial charge on any atom is -0.497 e. The third-order valence-electron chi connectivity index (χ3n) is 3.17. The van der Waals surface area contributed by atoms with Crippen LogP contribution < -0.4 is 10.1 Å². The van der Waals surface area contributed by atoms with Crippen molar-refractivity contribution in [3.63, 3.8) is 0 Å². The zero-order chi connectivity index (χ0) is 10.7. The molecule has 1 aliphatic carbocycles. The van der Waals surface area contributed by atoms with Crippen molar-refractivity contribution in [3.8, 4) is 5.75 Å². The molecule has 82 valence electrons. The summed E-state index contributed by atoms with van der Waals surface area (Å²) in [6, 6.07) is 8.25. The average molecular weight is 205 g/mol. The Bertz CT molecular complexity index is 307. The van der Waals surface area contributed by atoms with Crippen LogP contribution in [0, 0.1) is 11.8 Å². The Morgan fingerprint density at radius 3 is 2.53 bits per heavy atom. The molecule has 2 nitrogen and oxygen atoms in total. The van der Waals surface area contributed by atoms with Crippen molar-refractivity contribution in [2.24, 2.45) is 11.8 Å². The molecule has 0 bridgehead atoms. The Labute approximate surface area is 91.6 Å². The summed E-state index contributed by atoms with van der Waals surface area (Å²) in [5.74, 6) is 2.78. The molecule has 0 radical (unpaired) electrons. The van der Waals surface area contributed by atoms with E-state index in [2.05, 4.69) is 24.4 Å². The van der Waals surface area contributed by atoms with Crippen molar-refractivity contribution in [2.75, 3.05) is 13.7 Å². The molecule has 1 aromatic carbocycles. The van der Waals surface area contributed by atoms with Gasteiger partial charge in [-0.25, -0.2) is 0 Å². The standard InChI is InChI=1S/C13H19NO/c1-10-7-12(10)9-14-8-11-3-5-13(15-2)6-4-11/h3-6,10,12,14H,7-9H2,1-2H3. The lowest BCUT2D eigenvalue weighted by atomic mass is 10.2. The lowest BCUT2D eigenvalue weighted by Crippen LogP contribution is -2.16. The minimum atomic E-state index is 0.920. The van der Waals surface area contributed by atoms with Crippen LogP contribution >= 0.6 is 0 Å². The molecule has 1 fully saturated rings. The molecule has 2 unspecified atom stereocenters. The topological polar surface area (TPSA) is 21.3 Å². The first-order valence-electron chi connectivity index (χ1n) is 5.63. The van der Waals surface area contributed by atoms with Gasteiger partial charge in [-0.3, -0.25) is 0 Å². The summed E-state index contributed by atoms with van der Waals surface area (Å²) in [7, 11) is 1.70. The summed E-state index contributed by atoms with van der Waals surface area (Å²) in [5.41, 5.74) is 1.32. The molecule has 2 heteroatoms. The van der Waals surface area contributed by atoms with Crippen molar-refractivity contribution in [1.29, 1.82) is 0 Å². The quantitative estimate of drug-likeness (QED) is 0.797. The lowest BCUT2D eigenvalue weighted by Gasteiger charge is -2.05. The van der Waals surface area contributed by atoms with Gasteiger partial charge in [0.1, 0.15) is 5.75 Å². The van der Waals surface area contributed by atoms with Gasteiger partial charge < -0.3 is 10.1 Å². The Balaban J connectivity index is 1.73. The average Bonchev–Trinajstić information content (AvgIpc) is 2.96. The number of methoxy groups -OCH3 is 1. The van der Waals surface area contributed by atoms with E-state index in [1.165, 1.54) is 12.0 Å². The van der Waals surface area contributed by atoms with Gasteiger partial charge in [-0.2, -0.15) is 0 Å². The van der Waals surface area contributed by atoms with Gasteiger partial charge in [-0.05, 0) is 42.5 Å². The Hall–Kier alpha value is -1.02. The highest BCUT2D eigenvalue weighted by molar-refractivity contribution is 5.26. The minimum absolute atomic E-state index is 0.920. The van der Waals surface area contributed by atoms with Crippen LogP contribution in [0.4, 0.5) is 0 Å². The van der Waals surface area contributed by atoms with Gasteiger partial charge in [0.05, 0.1) is 7.11 Å². The summed E-state index contributed by atoms with van der Waals surface area (Å²) in [4.78, 5) is 0. The molecule has 1 aliphatic rings. The number of hydrogen-bond donors (Lipinski definition) is 1. The van der Waals surface area contributed by atoms with E-state index >= 15 is 0 Å². The molecule has 15 heavy (non-hydrogen) atoms. The normalized spacial score (nSPS) is 23.9. The number of hydrogen-bond acceptors (Lipinski definition) is 2. The van der Waals surface area contributed by atoms with Crippen LogP contribution in [0.3, 0.4) is 0 Å². The van der Waals surface area contributed by atoms with Crippen molar-refractivity contribution in [3.05, 3.63) is 29.8 Å². The lowest BCUT2D eigenvalue weighted by molar-refractivity contribution is 0.414. The molecule has 1 saturated carbocycles. The molecule has 1 N–H and O–H groups in total. The Kier molecular flexibility index (Phi) is 3.27. The summed E-state index contributed by atoms with van der Waals surface area (Å²) >= 11 is 0. The highest BCUT2D eigenvalue weighted by Crippen LogP contribution is 2.36. The third kappa shape index (κ3) is 2.96. The fourth-order valence-electron chi connectivity index (χ4n) is 1.83. The van der Waals surface area contributed by atoms with E-state index in [4.69, 9.17) is 4.74 Å². The molecule has 0 amide bonds. The van der Waals surface area contributed by atoms with Gasteiger partial charge in [-0.15, -0.1) is 0 Å². The fraction of sp³-hybridized carbons (Fsp3) is 0.538. The number of rotatable bonds is 5. The second-order valence-electron chi connectivity index (χ2n) is 4.45. The van der Waals surface area contributed by atoms with Crippen LogP contribution in [0.25, 0.3) is 0 Å². The largest absolute Gasteiger partial charge is 0.497 e. The second kappa shape index (κ2) is 4.67. The molecule has 0 saturated heterocycles. The summed E-state index contributed by atoms with van der Waals surface area (Å²) < 4.78 is 5.12. The number of ether oxygens (including phenoxy) is 1. The van der Waals surface area contributed by atoms with Gasteiger partial charge >= 0.3 is 0 Å². The van der Waals surface area contributed by atoms with Crippen molar-refractivity contribution in [1.82, 2.24) is 5.32 Å². The van der Waals surface area contributed by atoms with Crippen LogP contribution in [0.15, 0.2) is 24.3 Å². The van der Waals surface area contributed by atoms with E-state index in [1.807, 2.05) is 12.1 Å². The van der Waals surface area contributed by atoms with Crippen LogP contribution in [0.1, 0.15) is 18.9 Å². The molecule has 2 atom stereocenters. The van der Waals surface area contributed by atoms with E-state index in [0.717, 1.165) is 30.7 Å². The highest BCUT2D eigenvalue weighted by Gasteiger charge is 2.31. The van der Waals surface area contributed by atoms with Crippen molar-refractivity contribution < 1.29 is 4.74 Å². The zero-order valence-corrected chi connectivity index (χ0v) is 9.49. The first kappa shape index (κ1) is 10.5. The number of nitrogens with one attached hydrogen (secondary N) is 1. The molecule has 0 spiro atoms. The smallest absolute Gasteiger partial charge is 0.118 e. The van der Waals surface area contributed by atoms with E-state index in [0.29, 0.717) is 0 Å². The predicted molar refractivity (Wildman–Crippen MR) is 62.0 cm³/mol. The van der Waals surface area contributed by atoms with Crippen LogP contribution in [-0.4, -0.2) is 13.7 Å². The third-order valence-corrected chi connectivity index (χ3v) is 3.17. The Morgan fingerprint density at radius 2 is 2.00 bits per heavy atom. The highest BCUT2D eigenvalue weighted by atomic mass is 16.5. The van der Waals surface area contributed by atoms with Crippen LogP contribution in [0.2, 0.25) is 0 Å². The molecule has 0 aliphatic heterocycles. The maximum absolute atomic E-state index is 5.12. The van der Waals surface area contributed by atoms with Gasteiger partial charge in [0.25, 0.3) is 0 Å². The van der Waals surface area contributed by atoms with E-state index in [9.17, 15) is 0 Å². The first-order valence-corrected chi connectivity index (χ1v) is 5.63. The summed E-state index contributed by atoms with van der Waals surface area (Å²) in [6.07, 6.45) is 1.40. The molecular weight excluding hydrogens is 186 g/mol. The summed E-state index contributed by atoms with van der Waals surface area (Å²) in [5, 5.41) is 3.49. The van der Waals surface area contributed by atoms with E-state index in [1.54, 1.807) is 7.11 Å². The van der Waals surface area contributed by atoms with E-state index < -0.39 is 0 Å². The van der Waals surface area contributed by atoms with Gasteiger partial charge in [0.15, 0.2) is 0 Å². The van der Waals surface area contributed by atoms with E-state index in [-0.39, 0.29) is 0 Å². The van der Waals surface area contributed by atoms with Crippen molar-refractivity contribution >= 4 is 0 Å². The molecule has 0 heterocycles. The van der Waals surface area contributed by atoms with Crippen LogP contribution in [0.5, 0.6) is 5.75 Å². The second-order valence-corrected chi connectivity index (χ2v) is 4.45. The fourth-order valence-corrected chi connectivity index (χ4v) is 1.83. The summed E-state index contributed by atoms with van der Waals surface area (Å²) in [6.45, 7) is 4.44.